The summed E-state index contributed by atoms with van der Waals surface area (Å²) in [5, 5.41) is 3.51. The van der Waals surface area contributed by atoms with Crippen LogP contribution < -0.4 is 10.1 Å². The molecule has 0 fully saturated rings. The van der Waals surface area contributed by atoms with Crippen LogP contribution in [0.15, 0.2) is 22.7 Å². The molecule has 0 aliphatic rings. The molecule has 0 atom stereocenters. The summed E-state index contributed by atoms with van der Waals surface area (Å²) in [4.78, 5) is 0. The summed E-state index contributed by atoms with van der Waals surface area (Å²) in [6, 6.07) is 6.22. The highest BCUT2D eigenvalue weighted by Gasteiger charge is 2.11. The minimum absolute atomic E-state index is 0.113. The number of ether oxygens (including phenoxy) is 1. The van der Waals surface area contributed by atoms with Gasteiger partial charge in [0.25, 0.3) is 0 Å². The molecule has 0 unspecified atom stereocenters. The van der Waals surface area contributed by atoms with Crippen LogP contribution in [0, 0.1) is 0 Å². The maximum atomic E-state index is 5.90. The topological polar surface area (TPSA) is 21.3 Å². The Hall–Kier alpha value is -0.540. The number of nitrogens with one attached hydrogen (secondary N) is 1. The Morgan fingerprint density at radius 2 is 1.95 bits per heavy atom. The molecule has 0 spiro atoms. The third-order valence-electron chi connectivity index (χ3n) is 2.84. The lowest BCUT2D eigenvalue weighted by Crippen LogP contribution is -2.35. The summed E-state index contributed by atoms with van der Waals surface area (Å²) in [5.41, 5.74) is 1.32. The van der Waals surface area contributed by atoms with E-state index in [2.05, 4.69) is 61.1 Å². The number of hydrogen-bond acceptors (Lipinski definition) is 2. The highest BCUT2D eigenvalue weighted by Crippen LogP contribution is 2.24. The lowest BCUT2D eigenvalue weighted by atomic mass is 10.1. The Morgan fingerprint density at radius 3 is 2.58 bits per heavy atom. The number of halogens is 1. The predicted octanol–water partition coefficient (Wildman–Crippen LogP) is 4.91. The molecule has 0 saturated heterocycles. The Balaban J connectivity index is 2.63. The minimum Gasteiger partial charge on any atom is -0.493 e. The standard InChI is InChI=1S/C16H26BrNO/c1-5-6-7-10-19-15-9-8-14(17)11-13(15)12-18-16(2,3)4/h8-9,11,18H,5-7,10,12H2,1-4H3. The molecule has 0 aromatic heterocycles. The van der Waals surface area contributed by atoms with E-state index in [-0.39, 0.29) is 5.54 Å². The van der Waals surface area contributed by atoms with E-state index >= 15 is 0 Å². The van der Waals surface area contributed by atoms with Crippen molar-refractivity contribution in [1.82, 2.24) is 5.32 Å². The molecule has 0 heterocycles. The third kappa shape index (κ3) is 6.98. The zero-order valence-electron chi connectivity index (χ0n) is 12.6. The summed E-state index contributed by atoms with van der Waals surface area (Å²) in [7, 11) is 0. The fourth-order valence-corrected chi connectivity index (χ4v) is 2.13. The van der Waals surface area contributed by atoms with Gasteiger partial charge in [0.2, 0.25) is 0 Å². The summed E-state index contributed by atoms with van der Waals surface area (Å²) in [6.07, 6.45) is 3.58. The average molecular weight is 328 g/mol. The first-order valence-electron chi connectivity index (χ1n) is 7.08. The molecule has 1 N–H and O–H groups in total. The minimum atomic E-state index is 0.113. The van der Waals surface area contributed by atoms with E-state index in [0.717, 1.165) is 29.8 Å². The highest BCUT2D eigenvalue weighted by atomic mass is 79.9. The molecule has 0 amide bonds. The van der Waals surface area contributed by atoms with Crippen molar-refractivity contribution < 1.29 is 4.74 Å². The smallest absolute Gasteiger partial charge is 0.123 e. The predicted molar refractivity (Wildman–Crippen MR) is 85.8 cm³/mol. The van der Waals surface area contributed by atoms with Crippen molar-refractivity contribution in [2.75, 3.05) is 6.61 Å². The lowest BCUT2D eigenvalue weighted by Gasteiger charge is -2.22. The number of hydrogen-bond donors (Lipinski definition) is 1. The Bertz CT molecular complexity index is 385. The van der Waals surface area contributed by atoms with E-state index in [4.69, 9.17) is 4.74 Å². The normalized spacial score (nSPS) is 11.6. The molecule has 0 aliphatic heterocycles. The van der Waals surface area contributed by atoms with Gasteiger partial charge in [-0.2, -0.15) is 0 Å². The van der Waals surface area contributed by atoms with Crippen molar-refractivity contribution >= 4 is 15.9 Å². The van der Waals surface area contributed by atoms with Crippen molar-refractivity contribution in [3.05, 3.63) is 28.2 Å². The summed E-state index contributed by atoms with van der Waals surface area (Å²) >= 11 is 3.53. The van der Waals surface area contributed by atoms with Crippen LogP contribution in [-0.2, 0) is 6.54 Å². The van der Waals surface area contributed by atoms with E-state index in [1.807, 2.05) is 6.07 Å². The Kier molecular flexibility index (Phi) is 6.87. The van der Waals surface area contributed by atoms with Crippen molar-refractivity contribution in [3.8, 4) is 5.75 Å². The molecule has 2 nitrogen and oxygen atoms in total. The van der Waals surface area contributed by atoms with Crippen molar-refractivity contribution in [2.45, 2.75) is 59.0 Å². The van der Waals surface area contributed by atoms with Crippen molar-refractivity contribution in [2.24, 2.45) is 0 Å². The first-order valence-corrected chi connectivity index (χ1v) is 7.88. The van der Waals surface area contributed by atoms with Gasteiger partial charge in [-0.05, 0) is 45.4 Å². The highest BCUT2D eigenvalue weighted by molar-refractivity contribution is 9.10. The third-order valence-corrected chi connectivity index (χ3v) is 3.33. The van der Waals surface area contributed by atoms with E-state index < -0.39 is 0 Å². The van der Waals surface area contributed by atoms with Crippen LogP contribution >= 0.6 is 15.9 Å². The monoisotopic (exact) mass is 327 g/mol. The second kappa shape index (κ2) is 7.91. The summed E-state index contributed by atoms with van der Waals surface area (Å²) in [5.74, 6) is 0.996. The van der Waals surface area contributed by atoms with Gasteiger partial charge in [-0.25, -0.2) is 0 Å². The van der Waals surface area contributed by atoms with E-state index in [1.54, 1.807) is 0 Å². The van der Waals surface area contributed by atoms with Crippen LogP contribution in [0.3, 0.4) is 0 Å². The first-order chi connectivity index (χ1) is 8.92. The molecule has 0 saturated carbocycles. The number of unbranched alkanes of at least 4 members (excludes halogenated alkanes) is 2. The maximum absolute atomic E-state index is 5.90. The zero-order chi connectivity index (χ0) is 14.3. The summed E-state index contributed by atoms with van der Waals surface area (Å²) < 4.78 is 7.00. The van der Waals surface area contributed by atoms with Crippen LogP contribution in [0.5, 0.6) is 5.75 Å². The molecule has 19 heavy (non-hydrogen) atoms. The van der Waals surface area contributed by atoms with Crippen LogP contribution in [0.25, 0.3) is 0 Å². The SMILES string of the molecule is CCCCCOc1ccc(Br)cc1CNC(C)(C)C. The fourth-order valence-electron chi connectivity index (χ4n) is 1.72. The van der Waals surface area contributed by atoms with Gasteiger partial charge < -0.3 is 10.1 Å². The Labute approximate surface area is 126 Å². The molecule has 1 rings (SSSR count). The molecule has 0 aliphatic carbocycles. The molecule has 3 heteroatoms. The van der Waals surface area contributed by atoms with Crippen molar-refractivity contribution in [3.63, 3.8) is 0 Å². The second-order valence-corrected chi connectivity index (χ2v) is 6.83. The molecule has 1 aromatic rings. The van der Waals surface area contributed by atoms with Gasteiger partial charge in [-0.1, -0.05) is 35.7 Å². The molecular weight excluding hydrogens is 302 g/mol. The average Bonchev–Trinajstić information content (AvgIpc) is 2.33. The zero-order valence-corrected chi connectivity index (χ0v) is 14.1. The lowest BCUT2D eigenvalue weighted by molar-refractivity contribution is 0.300. The van der Waals surface area contributed by atoms with Crippen LogP contribution in [0.1, 0.15) is 52.5 Å². The fraction of sp³-hybridized carbons (Fsp3) is 0.625. The van der Waals surface area contributed by atoms with Gasteiger partial charge >= 0.3 is 0 Å². The van der Waals surface area contributed by atoms with Gasteiger partial charge in [0, 0.05) is 22.1 Å². The molecule has 0 radical (unpaired) electrons. The van der Waals surface area contributed by atoms with E-state index in [0.29, 0.717) is 0 Å². The van der Waals surface area contributed by atoms with Crippen LogP contribution in [0.2, 0.25) is 0 Å². The van der Waals surface area contributed by atoms with E-state index in [9.17, 15) is 0 Å². The maximum Gasteiger partial charge on any atom is 0.123 e. The van der Waals surface area contributed by atoms with Crippen molar-refractivity contribution in [1.29, 1.82) is 0 Å². The summed E-state index contributed by atoms with van der Waals surface area (Å²) in [6.45, 7) is 10.4. The number of benzene rings is 1. The Morgan fingerprint density at radius 1 is 1.21 bits per heavy atom. The first kappa shape index (κ1) is 16.5. The largest absolute Gasteiger partial charge is 0.493 e. The van der Waals surface area contributed by atoms with Gasteiger partial charge in [0.15, 0.2) is 0 Å². The quantitative estimate of drug-likeness (QED) is 0.718. The molecular formula is C16H26BrNO. The van der Waals surface area contributed by atoms with Gasteiger partial charge in [0.05, 0.1) is 6.61 Å². The van der Waals surface area contributed by atoms with Gasteiger partial charge in [-0.3, -0.25) is 0 Å². The molecule has 1 aromatic carbocycles. The second-order valence-electron chi connectivity index (χ2n) is 5.91. The molecule has 0 bridgehead atoms. The van der Waals surface area contributed by atoms with Gasteiger partial charge in [-0.15, -0.1) is 0 Å². The van der Waals surface area contributed by atoms with E-state index in [1.165, 1.54) is 18.4 Å². The van der Waals surface area contributed by atoms with Gasteiger partial charge in [0.1, 0.15) is 5.75 Å². The number of rotatable bonds is 7. The van der Waals surface area contributed by atoms with Crippen LogP contribution in [0.4, 0.5) is 0 Å². The molecule has 108 valence electrons. The van der Waals surface area contributed by atoms with Crippen LogP contribution in [-0.4, -0.2) is 12.1 Å².